The predicted octanol–water partition coefficient (Wildman–Crippen LogP) is 4.38. The molecule has 1 atom stereocenters. The lowest BCUT2D eigenvalue weighted by molar-refractivity contribution is 0.0728. The molecule has 7 nitrogen and oxygen atoms in total. The molecule has 5 rings (SSSR count). The Morgan fingerprint density at radius 3 is 2.41 bits per heavy atom. The summed E-state index contributed by atoms with van der Waals surface area (Å²) in [7, 11) is 3.22. The Morgan fingerprint density at radius 1 is 0.941 bits per heavy atom. The number of fused-ring (bicyclic) bond motifs is 1. The van der Waals surface area contributed by atoms with Crippen LogP contribution in [0.5, 0.6) is 11.5 Å². The monoisotopic (exact) mass is 455 g/mol. The van der Waals surface area contributed by atoms with Gasteiger partial charge < -0.3 is 14.4 Å². The van der Waals surface area contributed by atoms with Crippen molar-refractivity contribution in [3.63, 3.8) is 0 Å². The number of hydrogen-bond acceptors (Lipinski definition) is 5. The minimum absolute atomic E-state index is 0.161. The molecule has 2 heterocycles. The van der Waals surface area contributed by atoms with Gasteiger partial charge in [-0.05, 0) is 43.2 Å². The molecule has 1 fully saturated rings. The van der Waals surface area contributed by atoms with Crippen molar-refractivity contribution >= 4 is 16.7 Å². The molecule has 0 radical (unpaired) electrons. The fraction of sp³-hybridized carbons (Fsp3) is 0.222. The van der Waals surface area contributed by atoms with E-state index < -0.39 is 0 Å². The summed E-state index contributed by atoms with van der Waals surface area (Å²) in [5, 5.41) is 5.59. The van der Waals surface area contributed by atoms with E-state index in [-0.39, 0.29) is 23.2 Å². The molecule has 1 aromatic heterocycles. The van der Waals surface area contributed by atoms with Gasteiger partial charge in [-0.15, -0.1) is 0 Å². The van der Waals surface area contributed by atoms with Crippen LogP contribution in [-0.2, 0) is 0 Å². The van der Waals surface area contributed by atoms with Crippen molar-refractivity contribution in [2.45, 2.75) is 18.9 Å². The van der Waals surface area contributed by atoms with Gasteiger partial charge in [-0.3, -0.25) is 9.59 Å². The van der Waals surface area contributed by atoms with Gasteiger partial charge in [0, 0.05) is 23.6 Å². The van der Waals surface area contributed by atoms with Gasteiger partial charge in [-0.1, -0.05) is 36.4 Å². The van der Waals surface area contributed by atoms with Crippen LogP contribution in [0.3, 0.4) is 0 Å². The van der Waals surface area contributed by atoms with Gasteiger partial charge in [0.1, 0.15) is 11.5 Å². The molecule has 3 aromatic carbocycles. The van der Waals surface area contributed by atoms with Gasteiger partial charge in [-0.25, -0.2) is 0 Å². The third-order valence-electron chi connectivity index (χ3n) is 6.32. The minimum Gasteiger partial charge on any atom is -0.497 e. The predicted molar refractivity (Wildman–Crippen MR) is 130 cm³/mol. The van der Waals surface area contributed by atoms with Crippen molar-refractivity contribution in [3.05, 3.63) is 94.4 Å². The van der Waals surface area contributed by atoms with Gasteiger partial charge in [0.15, 0.2) is 5.69 Å². The SMILES string of the molecule is COc1ccc([C@H]2CCCN2C(=O)c2nn(-c3ccccc3)c(=O)c3ccccc23)c(OC)c1. The summed E-state index contributed by atoms with van der Waals surface area (Å²) in [5.74, 6) is 1.16. The molecule has 1 amide bonds. The number of nitrogens with zero attached hydrogens (tertiary/aromatic N) is 3. The number of aromatic nitrogens is 2. The molecular formula is C27H25N3O4. The molecule has 0 bridgehead atoms. The third-order valence-corrected chi connectivity index (χ3v) is 6.32. The summed E-state index contributed by atoms with van der Waals surface area (Å²) in [6.45, 7) is 0.596. The second-order valence-corrected chi connectivity index (χ2v) is 8.21. The van der Waals surface area contributed by atoms with Crippen LogP contribution < -0.4 is 15.0 Å². The average Bonchev–Trinajstić information content (AvgIpc) is 3.38. The normalized spacial score (nSPS) is 15.5. The Kier molecular flexibility index (Phi) is 5.76. The quantitative estimate of drug-likeness (QED) is 0.447. The molecule has 0 saturated carbocycles. The number of carbonyl (C=O) groups is 1. The highest BCUT2D eigenvalue weighted by atomic mass is 16.5. The number of methoxy groups -OCH3 is 2. The van der Waals surface area contributed by atoms with E-state index in [1.54, 1.807) is 44.6 Å². The van der Waals surface area contributed by atoms with Crippen LogP contribution in [0.25, 0.3) is 16.5 Å². The number of para-hydroxylation sites is 1. The third kappa shape index (κ3) is 3.69. The van der Waals surface area contributed by atoms with Crippen LogP contribution in [0.4, 0.5) is 0 Å². The summed E-state index contributed by atoms with van der Waals surface area (Å²) in [5.41, 5.74) is 1.54. The standard InChI is InChI=1S/C27H25N3O4/c1-33-19-14-15-22(24(17-19)34-2)23-13-8-16-29(23)27(32)25-20-11-6-7-12-21(20)26(31)30(28-25)18-9-4-3-5-10-18/h3-7,9-12,14-15,17,23H,8,13,16H2,1-2H3/t23-/m1/s1. The summed E-state index contributed by atoms with van der Waals surface area (Å²) in [6, 6.07) is 21.8. The Bertz CT molecular complexity index is 1410. The lowest BCUT2D eigenvalue weighted by Crippen LogP contribution is -2.34. The van der Waals surface area contributed by atoms with Crippen molar-refractivity contribution in [2.75, 3.05) is 20.8 Å². The van der Waals surface area contributed by atoms with Gasteiger partial charge in [0.25, 0.3) is 11.5 Å². The van der Waals surface area contributed by atoms with Crippen molar-refractivity contribution < 1.29 is 14.3 Å². The first-order valence-electron chi connectivity index (χ1n) is 11.2. The molecule has 172 valence electrons. The van der Waals surface area contributed by atoms with Gasteiger partial charge in [0.05, 0.1) is 31.3 Å². The number of amides is 1. The van der Waals surface area contributed by atoms with E-state index in [0.717, 1.165) is 18.4 Å². The number of carbonyl (C=O) groups excluding carboxylic acids is 1. The zero-order valence-corrected chi connectivity index (χ0v) is 19.1. The van der Waals surface area contributed by atoms with Crippen LogP contribution in [0, 0.1) is 0 Å². The first-order valence-corrected chi connectivity index (χ1v) is 11.2. The first-order chi connectivity index (χ1) is 16.6. The largest absolute Gasteiger partial charge is 0.497 e. The van der Waals surface area contributed by atoms with E-state index in [4.69, 9.17) is 9.47 Å². The van der Waals surface area contributed by atoms with E-state index >= 15 is 0 Å². The highest BCUT2D eigenvalue weighted by Crippen LogP contribution is 2.39. The highest BCUT2D eigenvalue weighted by molar-refractivity contribution is 6.05. The molecule has 0 aliphatic carbocycles. The Morgan fingerprint density at radius 2 is 1.68 bits per heavy atom. The molecule has 0 spiro atoms. The number of hydrogen-bond donors (Lipinski definition) is 0. The summed E-state index contributed by atoms with van der Waals surface area (Å²) in [4.78, 5) is 29.0. The number of ether oxygens (including phenoxy) is 2. The first kappa shape index (κ1) is 21.7. The zero-order valence-electron chi connectivity index (χ0n) is 19.1. The molecule has 4 aromatic rings. The second-order valence-electron chi connectivity index (χ2n) is 8.21. The molecule has 34 heavy (non-hydrogen) atoms. The molecule has 7 heteroatoms. The van der Waals surface area contributed by atoms with Crippen LogP contribution in [-0.4, -0.2) is 41.4 Å². The van der Waals surface area contributed by atoms with Gasteiger partial charge in [0.2, 0.25) is 0 Å². The van der Waals surface area contributed by atoms with E-state index in [2.05, 4.69) is 5.10 Å². The number of benzene rings is 3. The van der Waals surface area contributed by atoms with Gasteiger partial charge >= 0.3 is 0 Å². The summed E-state index contributed by atoms with van der Waals surface area (Å²) in [6.07, 6.45) is 1.67. The van der Waals surface area contributed by atoms with Crippen molar-refractivity contribution in [1.29, 1.82) is 0 Å². The van der Waals surface area contributed by atoms with E-state index in [0.29, 0.717) is 34.5 Å². The average molecular weight is 456 g/mol. The highest BCUT2D eigenvalue weighted by Gasteiger charge is 2.34. The summed E-state index contributed by atoms with van der Waals surface area (Å²) < 4.78 is 12.3. The smallest absolute Gasteiger partial charge is 0.279 e. The van der Waals surface area contributed by atoms with Crippen LogP contribution >= 0.6 is 0 Å². The maximum absolute atomic E-state index is 13.9. The van der Waals surface area contributed by atoms with Gasteiger partial charge in [-0.2, -0.15) is 9.78 Å². The van der Waals surface area contributed by atoms with E-state index in [9.17, 15) is 9.59 Å². The molecule has 1 aliphatic heterocycles. The Hall–Kier alpha value is -4.13. The maximum atomic E-state index is 13.9. The fourth-order valence-corrected chi connectivity index (χ4v) is 4.65. The molecule has 1 aliphatic rings. The van der Waals surface area contributed by atoms with Crippen molar-refractivity contribution in [1.82, 2.24) is 14.7 Å². The number of rotatable bonds is 5. The summed E-state index contributed by atoms with van der Waals surface area (Å²) >= 11 is 0. The fourth-order valence-electron chi connectivity index (χ4n) is 4.65. The van der Waals surface area contributed by atoms with E-state index in [1.807, 2.05) is 47.4 Å². The Balaban J connectivity index is 1.62. The minimum atomic E-state index is -0.256. The molecular weight excluding hydrogens is 430 g/mol. The molecule has 1 saturated heterocycles. The van der Waals surface area contributed by atoms with E-state index in [1.165, 1.54) is 4.68 Å². The lowest BCUT2D eigenvalue weighted by Gasteiger charge is -2.27. The van der Waals surface area contributed by atoms with Crippen molar-refractivity contribution in [2.24, 2.45) is 0 Å². The zero-order chi connectivity index (χ0) is 23.7. The van der Waals surface area contributed by atoms with Crippen LogP contribution in [0.15, 0.2) is 77.6 Å². The van der Waals surface area contributed by atoms with Crippen LogP contribution in [0.1, 0.15) is 34.9 Å². The van der Waals surface area contributed by atoms with Crippen LogP contribution in [0.2, 0.25) is 0 Å². The molecule has 0 N–H and O–H groups in total. The second kappa shape index (κ2) is 9.02. The topological polar surface area (TPSA) is 73.7 Å². The number of likely N-dealkylation sites (tertiary alicyclic amines) is 1. The van der Waals surface area contributed by atoms with Crippen molar-refractivity contribution in [3.8, 4) is 17.2 Å². The maximum Gasteiger partial charge on any atom is 0.279 e. The Labute approximate surface area is 197 Å². The lowest BCUT2D eigenvalue weighted by atomic mass is 10.0. The molecule has 0 unspecified atom stereocenters.